The van der Waals surface area contributed by atoms with Crippen molar-refractivity contribution in [3.05, 3.63) is 47.8 Å². The number of rotatable bonds is 4. The van der Waals surface area contributed by atoms with Crippen LogP contribution in [0.5, 0.6) is 0 Å². The van der Waals surface area contributed by atoms with Crippen molar-refractivity contribution < 1.29 is 14.3 Å². The van der Waals surface area contributed by atoms with Crippen molar-refractivity contribution in [1.82, 2.24) is 0 Å². The smallest absolute Gasteiger partial charge is 0.335 e. The molecular formula is C13H12FN3O2S. The van der Waals surface area contributed by atoms with Crippen LogP contribution in [0.15, 0.2) is 41.3 Å². The Bertz CT molecular complexity index is 647. The molecule has 0 saturated carbocycles. The standard InChI is InChI=1S/C13H12FN3O2S/c14-9-5-6-10(12(16)11(9)15)20-17-8-3-1-7(2-4-8)13(18)19/h1-6,17H,15-16H2,(H,18,19). The van der Waals surface area contributed by atoms with Crippen molar-refractivity contribution in [2.24, 2.45) is 0 Å². The van der Waals surface area contributed by atoms with Crippen LogP contribution in [0.2, 0.25) is 0 Å². The summed E-state index contributed by atoms with van der Waals surface area (Å²) in [7, 11) is 0. The van der Waals surface area contributed by atoms with E-state index in [1.165, 1.54) is 36.2 Å². The molecule has 0 amide bonds. The molecule has 7 heteroatoms. The average Bonchev–Trinajstić information content (AvgIpc) is 2.44. The monoisotopic (exact) mass is 293 g/mol. The largest absolute Gasteiger partial charge is 0.478 e. The van der Waals surface area contributed by atoms with E-state index in [-0.39, 0.29) is 16.9 Å². The van der Waals surface area contributed by atoms with E-state index in [0.717, 1.165) is 0 Å². The maximum absolute atomic E-state index is 13.2. The van der Waals surface area contributed by atoms with Gasteiger partial charge in [-0.3, -0.25) is 0 Å². The number of nitrogens with two attached hydrogens (primary N) is 2. The van der Waals surface area contributed by atoms with Gasteiger partial charge in [-0.1, -0.05) is 0 Å². The molecule has 104 valence electrons. The van der Waals surface area contributed by atoms with Gasteiger partial charge in [-0.2, -0.15) is 0 Å². The van der Waals surface area contributed by atoms with Crippen LogP contribution in [-0.4, -0.2) is 11.1 Å². The zero-order valence-electron chi connectivity index (χ0n) is 10.3. The van der Waals surface area contributed by atoms with E-state index in [1.807, 2.05) is 0 Å². The molecular weight excluding hydrogens is 281 g/mol. The summed E-state index contributed by atoms with van der Waals surface area (Å²) in [6.45, 7) is 0. The Balaban J connectivity index is 2.09. The Morgan fingerprint density at radius 3 is 2.35 bits per heavy atom. The van der Waals surface area contributed by atoms with Gasteiger partial charge in [-0.15, -0.1) is 0 Å². The van der Waals surface area contributed by atoms with Gasteiger partial charge in [0.05, 0.1) is 21.8 Å². The highest BCUT2D eigenvalue weighted by Gasteiger charge is 2.08. The summed E-state index contributed by atoms with van der Waals surface area (Å²) in [5.41, 5.74) is 12.2. The number of benzene rings is 2. The molecule has 0 aliphatic rings. The molecule has 2 rings (SSSR count). The third-order valence-corrected chi connectivity index (χ3v) is 3.52. The lowest BCUT2D eigenvalue weighted by Crippen LogP contribution is -2.01. The SMILES string of the molecule is Nc1c(F)ccc(SNc2ccc(C(=O)O)cc2)c1N. The molecule has 2 aromatic rings. The molecule has 0 heterocycles. The summed E-state index contributed by atoms with van der Waals surface area (Å²) in [5, 5.41) is 8.78. The van der Waals surface area contributed by atoms with Crippen LogP contribution in [0, 0.1) is 5.82 Å². The number of carboxylic acid groups (broad SMARTS) is 1. The zero-order valence-corrected chi connectivity index (χ0v) is 11.1. The predicted molar refractivity (Wildman–Crippen MR) is 78.1 cm³/mol. The molecule has 0 fully saturated rings. The van der Waals surface area contributed by atoms with Crippen LogP contribution in [0.3, 0.4) is 0 Å². The molecule has 5 nitrogen and oxygen atoms in total. The van der Waals surface area contributed by atoms with Crippen LogP contribution >= 0.6 is 11.9 Å². The van der Waals surface area contributed by atoms with E-state index in [9.17, 15) is 9.18 Å². The van der Waals surface area contributed by atoms with Crippen molar-refractivity contribution in [3.63, 3.8) is 0 Å². The number of hydrogen-bond donors (Lipinski definition) is 4. The van der Waals surface area contributed by atoms with E-state index in [2.05, 4.69) is 4.72 Å². The topological polar surface area (TPSA) is 101 Å². The van der Waals surface area contributed by atoms with E-state index in [4.69, 9.17) is 16.6 Å². The fourth-order valence-electron chi connectivity index (χ4n) is 1.47. The van der Waals surface area contributed by atoms with Gasteiger partial charge in [-0.05, 0) is 48.3 Å². The first-order chi connectivity index (χ1) is 9.49. The van der Waals surface area contributed by atoms with Gasteiger partial charge in [0.25, 0.3) is 0 Å². The molecule has 0 aliphatic heterocycles. The molecule has 6 N–H and O–H groups in total. The van der Waals surface area contributed by atoms with Crippen molar-refractivity contribution in [2.75, 3.05) is 16.2 Å². The Kier molecular flexibility index (Phi) is 3.99. The quantitative estimate of drug-likeness (QED) is 0.511. The highest BCUT2D eigenvalue weighted by molar-refractivity contribution is 8.00. The highest BCUT2D eigenvalue weighted by Crippen LogP contribution is 2.31. The number of nitrogens with one attached hydrogen (secondary N) is 1. The van der Waals surface area contributed by atoms with Crippen LogP contribution in [0.4, 0.5) is 21.5 Å². The number of nitrogen functional groups attached to an aromatic ring is 2. The molecule has 20 heavy (non-hydrogen) atoms. The summed E-state index contributed by atoms with van der Waals surface area (Å²) in [6.07, 6.45) is 0. The van der Waals surface area contributed by atoms with Gasteiger partial charge in [0.1, 0.15) is 5.82 Å². The lowest BCUT2D eigenvalue weighted by atomic mass is 10.2. The second-order valence-electron chi connectivity index (χ2n) is 3.96. The third-order valence-electron chi connectivity index (χ3n) is 2.60. The van der Waals surface area contributed by atoms with E-state index in [1.54, 1.807) is 12.1 Å². The summed E-state index contributed by atoms with van der Waals surface area (Å²) < 4.78 is 16.1. The lowest BCUT2D eigenvalue weighted by Gasteiger charge is -2.10. The van der Waals surface area contributed by atoms with Crippen LogP contribution in [0.25, 0.3) is 0 Å². The number of carboxylic acids is 1. The zero-order chi connectivity index (χ0) is 14.7. The van der Waals surface area contributed by atoms with Crippen LogP contribution in [0.1, 0.15) is 10.4 Å². The van der Waals surface area contributed by atoms with Crippen molar-refractivity contribution in [3.8, 4) is 0 Å². The first-order valence-corrected chi connectivity index (χ1v) is 6.40. The fraction of sp³-hybridized carbons (Fsp3) is 0. The summed E-state index contributed by atoms with van der Waals surface area (Å²) in [5.74, 6) is -1.54. The first kappa shape index (κ1) is 14.0. The molecule has 0 radical (unpaired) electrons. The van der Waals surface area contributed by atoms with E-state index >= 15 is 0 Å². The van der Waals surface area contributed by atoms with Crippen molar-refractivity contribution in [1.29, 1.82) is 0 Å². The second-order valence-corrected chi connectivity index (χ2v) is 4.81. The molecule has 0 atom stereocenters. The van der Waals surface area contributed by atoms with Crippen molar-refractivity contribution >= 4 is 35.0 Å². The minimum Gasteiger partial charge on any atom is -0.478 e. The van der Waals surface area contributed by atoms with Crippen LogP contribution < -0.4 is 16.2 Å². The van der Waals surface area contributed by atoms with Gasteiger partial charge in [-0.25, -0.2) is 9.18 Å². The maximum Gasteiger partial charge on any atom is 0.335 e. The molecule has 0 bridgehead atoms. The van der Waals surface area contributed by atoms with Gasteiger partial charge < -0.3 is 21.3 Å². The number of halogens is 1. The Labute approximate surface area is 118 Å². The molecule has 0 unspecified atom stereocenters. The number of carbonyl (C=O) groups is 1. The Morgan fingerprint density at radius 2 is 1.75 bits per heavy atom. The normalized spacial score (nSPS) is 10.2. The third kappa shape index (κ3) is 2.94. The summed E-state index contributed by atoms with van der Waals surface area (Å²) in [4.78, 5) is 11.3. The van der Waals surface area contributed by atoms with Gasteiger partial charge >= 0.3 is 5.97 Å². The molecule has 0 aliphatic carbocycles. The Morgan fingerprint density at radius 1 is 1.10 bits per heavy atom. The minimum absolute atomic E-state index is 0.0852. The Hall–Kier alpha value is -2.41. The van der Waals surface area contributed by atoms with Crippen molar-refractivity contribution in [2.45, 2.75) is 4.90 Å². The summed E-state index contributed by atoms with van der Waals surface area (Å²) in [6, 6.07) is 8.97. The molecule has 0 aromatic heterocycles. The maximum atomic E-state index is 13.2. The van der Waals surface area contributed by atoms with Gasteiger partial charge in [0.15, 0.2) is 0 Å². The van der Waals surface area contributed by atoms with Gasteiger partial charge in [0, 0.05) is 5.69 Å². The predicted octanol–water partition coefficient (Wildman–Crippen LogP) is 2.81. The average molecular weight is 293 g/mol. The highest BCUT2D eigenvalue weighted by atomic mass is 32.2. The fourth-order valence-corrected chi connectivity index (χ4v) is 2.19. The first-order valence-electron chi connectivity index (χ1n) is 5.58. The number of hydrogen-bond acceptors (Lipinski definition) is 5. The number of aromatic carboxylic acids is 1. The minimum atomic E-state index is -0.986. The lowest BCUT2D eigenvalue weighted by molar-refractivity contribution is 0.0697. The molecule has 0 saturated heterocycles. The van der Waals surface area contributed by atoms with E-state index in [0.29, 0.717) is 10.6 Å². The summed E-state index contributed by atoms with van der Waals surface area (Å²) >= 11 is 1.17. The second kappa shape index (κ2) is 5.70. The van der Waals surface area contributed by atoms with E-state index < -0.39 is 11.8 Å². The molecule has 0 spiro atoms. The van der Waals surface area contributed by atoms with Gasteiger partial charge in [0.2, 0.25) is 0 Å². The molecule has 2 aromatic carbocycles. The number of anilines is 3. The van der Waals surface area contributed by atoms with Crippen LogP contribution in [-0.2, 0) is 0 Å².